The fourth-order valence-corrected chi connectivity index (χ4v) is 3.36. The average molecular weight is 396 g/mol. The van der Waals surface area contributed by atoms with Crippen molar-refractivity contribution < 1.29 is 14.3 Å². The number of Topliss-reactive ketones (excluding diaryl/α,β-unsaturated/α-hetero) is 1. The fraction of sp³-hybridized carbons (Fsp3) is 0.200. The van der Waals surface area contributed by atoms with Gasteiger partial charge >= 0.3 is 0 Å². The van der Waals surface area contributed by atoms with Crippen molar-refractivity contribution in [3.8, 4) is 11.4 Å². The summed E-state index contributed by atoms with van der Waals surface area (Å²) in [6.07, 6.45) is 1.60. The second kappa shape index (κ2) is 8.71. The van der Waals surface area contributed by atoms with Crippen molar-refractivity contribution in [1.82, 2.24) is 14.8 Å². The van der Waals surface area contributed by atoms with Crippen molar-refractivity contribution in [3.63, 3.8) is 0 Å². The van der Waals surface area contributed by atoms with Gasteiger partial charge < -0.3 is 10.1 Å². The van der Waals surface area contributed by atoms with E-state index in [1.807, 2.05) is 24.3 Å². The molecule has 0 spiro atoms. The van der Waals surface area contributed by atoms with Gasteiger partial charge in [0, 0.05) is 17.3 Å². The van der Waals surface area contributed by atoms with E-state index in [9.17, 15) is 9.59 Å². The van der Waals surface area contributed by atoms with E-state index in [1.54, 1.807) is 49.2 Å². The number of carbonyl (C=O) groups excluding carboxylic acids is 2. The largest absolute Gasteiger partial charge is 0.497 e. The molecule has 0 fully saturated rings. The Hall–Kier alpha value is -3.13. The number of rotatable bonds is 7. The van der Waals surface area contributed by atoms with E-state index in [1.165, 1.54) is 18.7 Å². The highest BCUT2D eigenvalue weighted by molar-refractivity contribution is 8.00. The van der Waals surface area contributed by atoms with Crippen LogP contribution in [0.15, 0.2) is 60.0 Å². The number of hydrogen-bond donors (Lipinski definition) is 1. The van der Waals surface area contributed by atoms with Crippen LogP contribution >= 0.6 is 11.8 Å². The zero-order valence-corrected chi connectivity index (χ0v) is 16.6. The number of hydrogen-bond acceptors (Lipinski definition) is 6. The lowest BCUT2D eigenvalue weighted by Gasteiger charge is -2.13. The van der Waals surface area contributed by atoms with Gasteiger partial charge in [-0.3, -0.25) is 14.2 Å². The number of nitrogens with zero attached hydrogens (tertiary/aromatic N) is 3. The van der Waals surface area contributed by atoms with Gasteiger partial charge in [-0.2, -0.15) is 0 Å². The molecule has 1 N–H and O–H groups in total. The van der Waals surface area contributed by atoms with Gasteiger partial charge in [0.15, 0.2) is 10.9 Å². The third-order valence-electron chi connectivity index (χ3n) is 4.04. The van der Waals surface area contributed by atoms with Gasteiger partial charge in [-0.25, -0.2) is 0 Å². The fourth-order valence-electron chi connectivity index (χ4n) is 2.51. The molecule has 1 heterocycles. The summed E-state index contributed by atoms with van der Waals surface area (Å²) in [6, 6.07) is 14.4. The summed E-state index contributed by atoms with van der Waals surface area (Å²) in [5.74, 6) is 0.481. The number of nitrogens with one attached hydrogen (secondary N) is 1. The molecule has 7 nitrogen and oxygen atoms in total. The first-order valence-electron chi connectivity index (χ1n) is 8.61. The molecule has 0 aliphatic heterocycles. The summed E-state index contributed by atoms with van der Waals surface area (Å²) in [6.45, 7) is 3.28. The van der Waals surface area contributed by atoms with Gasteiger partial charge in [-0.05, 0) is 38.1 Å². The summed E-state index contributed by atoms with van der Waals surface area (Å²) >= 11 is 1.29. The Bertz CT molecular complexity index is 1000. The molecule has 0 saturated heterocycles. The number of methoxy groups -OCH3 is 1. The Morgan fingerprint density at radius 2 is 1.96 bits per heavy atom. The van der Waals surface area contributed by atoms with Crippen molar-refractivity contribution in [2.45, 2.75) is 24.3 Å². The maximum Gasteiger partial charge on any atom is 0.237 e. The molecular weight excluding hydrogens is 376 g/mol. The minimum atomic E-state index is -0.422. The van der Waals surface area contributed by atoms with Gasteiger partial charge in [-0.1, -0.05) is 30.0 Å². The first kappa shape index (κ1) is 19.6. The van der Waals surface area contributed by atoms with Crippen LogP contribution in [-0.4, -0.2) is 38.8 Å². The van der Waals surface area contributed by atoms with E-state index >= 15 is 0 Å². The number of amides is 1. The standard InChI is InChI=1S/C20H20N4O3S/c1-13(25)15-6-4-7-16(10-15)22-19(26)14(2)28-20-23-21-12-24(20)17-8-5-9-18(11-17)27-3/h4-12,14H,1-3H3,(H,22,26)/t14-/m0/s1. The summed E-state index contributed by atoms with van der Waals surface area (Å²) in [5.41, 5.74) is 1.98. The Kier molecular flexibility index (Phi) is 6.10. The molecule has 0 bridgehead atoms. The lowest BCUT2D eigenvalue weighted by molar-refractivity contribution is -0.115. The molecule has 3 rings (SSSR count). The SMILES string of the molecule is COc1cccc(-n2cnnc2S[C@@H](C)C(=O)Nc2cccc(C(C)=O)c2)c1. The van der Waals surface area contributed by atoms with E-state index in [4.69, 9.17) is 4.74 Å². The quantitative estimate of drug-likeness (QED) is 0.485. The van der Waals surface area contributed by atoms with E-state index in [0.29, 0.717) is 16.4 Å². The Labute approximate surface area is 167 Å². The number of anilines is 1. The van der Waals surface area contributed by atoms with E-state index in [2.05, 4.69) is 15.5 Å². The predicted molar refractivity (Wildman–Crippen MR) is 108 cm³/mol. The molecular formula is C20H20N4O3S. The maximum absolute atomic E-state index is 12.6. The first-order chi connectivity index (χ1) is 13.5. The number of ether oxygens (including phenoxy) is 1. The smallest absolute Gasteiger partial charge is 0.237 e. The van der Waals surface area contributed by atoms with Gasteiger partial charge in [0.2, 0.25) is 5.91 Å². The number of ketones is 1. The highest BCUT2D eigenvalue weighted by Crippen LogP contribution is 2.26. The molecule has 0 saturated carbocycles. The van der Waals surface area contributed by atoms with Crippen LogP contribution < -0.4 is 10.1 Å². The van der Waals surface area contributed by atoms with Crippen LogP contribution in [0, 0.1) is 0 Å². The normalized spacial score (nSPS) is 11.7. The van der Waals surface area contributed by atoms with Crippen LogP contribution in [0.5, 0.6) is 5.75 Å². The van der Waals surface area contributed by atoms with Crippen LogP contribution in [0.3, 0.4) is 0 Å². The van der Waals surface area contributed by atoms with Crippen molar-refractivity contribution in [3.05, 3.63) is 60.4 Å². The van der Waals surface area contributed by atoms with Crippen molar-refractivity contribution >= 4 is 29.1 Å². The minimum Gasteiger partial charge on any atom is -0.497 e. The zero-order valence-electron chi connectivity index (χ0n) is 15.7. The molecule has 0 unspecified atom stereocenters. The number of carbonyl (C=O) groups is 2. The zero-order chi connectivity index (χ0) is 20.1. The average Bonchev–Trinajstić information content (AvgIpc) is 3.16. The predicted octanol–water partition coefficient (Wildman–Crippen LogP) is 3.60. The number of aromatic nitrogens is 3. The van der Waals surface area contributed by atoms with Crippen molar-refractivity contribution in [2.75, 3.05) is 12.4 Å². The molecule has 0 aliphatic carbocycles. The summed E-state index contributed by atoms with van der Waals surface area (Å²) in [4.78, 5) is 24.1. The molecule has 1 atom stereocenters. The monoisotopic (exact) mass is 396 g/mol. The second-order valence-electron chi connectivity index (χ2n) is 6.07. The topological polar surface area (TPSA) is 86.1 Å². The summed E-state index contributed by atoms with van der Waals surface area (Å²) in [7, 11) is 1.61. The molecule has 1 aromatic heterocycles. The third kappa shape index (κ3) is 4.58. The minimum absolute atomic E-state index is 0.0510. The first-order valence-corrected chi connectivity index (χ1v) is 9.49. The molecule has 0 aliphatic rings. The second-order valence-corrected chi connectivity index (χ2v) is 7.38. The van der Waals surface area contributed by atoms with E-state index in [0.717, 1.165) is 11.4 Å². The van der Waals surface area contributed by atoms with Crippen LogP contribution in [0.2, 0.25) is 0 Å². The molecule has 3 aromatic rings. The Morgan fingerprint density at radius 3 is 2.71 bits per heavy atom. The number of benzene rings is 2. The van der Waals surface area contributed by atoms with E-state index in [-0.39, 0.29) is 11.7 Å². The summed E-state index contributed by atoms with van der Waals surface area (Å²) < 4.78 is 7.05. The highest BCUT2D eigenvalue weighted by atomic mass is 32.2. The molecule has 8 heteroatoms. The Balaban J connectivity index is 1.72. The van der Waals surface area contributed by atoms with Gasteiger partial charge in [-0.15, -0.1) is 10.2 Å². The molecule has 144 valence electrons. The molecule has 1 amide bonds. The lowest BCUT2D eigenvalue weighted by atomic mass is 10.1. The maximum atomic E-state index is 12.6. The van der Waals surface area contributed by atoms with Crippen molar-refractivity contribution in [2.24, 2.45) is 0 Å². The molecule has 0 radical (unpaired) electrons. The third-order valence-corrected chi connectivity index (χ3v) is 5.09. The molecule has 2 aromatic carbocycles. The van der Waals surface area contributed by atoms with Crippen LogP contribution in [-0.2, 0) is 4.79 Å². The van der Waals surface area contributed by atoms with Crippen LogP contribution in [0.1, 0.15) is 24.2 Å². The summed E-state index contributed by atoms with van der Waals surface area (Å²) in [5, 5.41) is 11.1. The van der Waals surface area contributed by atoms with Gasteiger partial charge in [0.1, 0.15) is 12.1 Å². The number of thioether (sulfide) groups is 1. The van der Waals surface area contributed by atoms with E-state index < -0.39 is 5.25 Å². The van der Waals surface area contributed by atoms with Gasteiger partial charge in [0.05, 0.1) is 18.0 Å². The van der Waals surface area contributed by atoms with Crippen LogP contribution in [0.25, 0.3) is 5.69 Å². The highest BCUT2D eigenvalue weighted by Gasteiger charge is 2.19. The van der Waals surface area contributed by atoms with Gasteiger partial charge in [0.25, 0.3) is 0 Å². The van der Waals surface area contributed by atoms with Crippen LogP contribution in [0.4, 0.5) is 5.69 Å². The Morgan fingerprint density at radius 1 is 1.18 bits per heavy atom. The lowest BCUT2D eigenvalue weighted by Crippen LogP contribution is -2.23. The van der Waals surface area contributed by atoms with Crippen molar-refractivity contribution in [1.29, 1.82) is 0 Å². The molecule has 28 heavy (non-hydrogen) atoms.